The number of aromatic nitrogens is 1. The summed E-state index contributed by atoms with van der Waals surface area (Å²) in [5.41, 5.74) is 5.12. The Labute approximate surface area is 253 Å². The molecule has 1 aliphatic rings. The topological polar surface area (TPSA) is 99.2 Å². The van der Waals surface area contributed by atoms with E-state index in [0.717, 1.165) is 46.3 Å². The van der Waals surface area contributed by atoms with Gasteiger partial charge in [-0.2, -0.15) is 8.42 Å². The first-order valence-electron chi connectivity index (χ1n) is 14.6. The third-order valence-electron chi connectivity index (χ3n) is 7.33. The van der Waals surface area contributed by atoms with Crippen LogP contribution in [0, 0.1) is 6.92 Å². The minimum atomic E-state index is -4.25. The van der Waals surface area contributed by atoms with E-state index in [2.05, 4.69) is 16.3 Å². The first-order chi connectivity index (χ1) is 20.7. The predicted octanol–water partition coefficient (Wildman–Crippen LogP) is 6.74. The molecule has 5 rings (SSSR count). The van der Waals surface area contributed by atoms with E-state index in [0.29, 0.717) is 24.5 Å². The molecular weight excluding hydrogens is 566 g/mol. The van der Waals surface area contributed by atoms with E-state index < -0.39 is 22.7 Å². The molecule has 4 aromatic rings. The maximum atomic E-state index is 13.5. The lowest BCUT2D eigenvalue weighted by Gasteiger charge is -2.25. The van der Waals surface area contributed by atoms with Crippen LogP contribution in [0.4, 0.5) is 11.4 Å². The van der Waals surface area contributed by atoms with Gasteiger partial charge in [0.2, 0.25) is 6.29 Å². The van der Waals surface area contributed by atoms with Crippen molar-refractivity contribution >= 4 is 32.4 Å². The molecule has 0 saturated carbocycles. The van der Waals surface area contributed by atoms with E-state index in [9.17, 15) is 8.42 Å². The van der Waals surface area contributed by atoms with E-state index in [-0.39, 0.29) is 17.1 Å². The maximum Gasteiger partial charge on any atom is 0.303 e. The van der Waals surface area contributed by atoms with E-state index in [1.54, 1.807) is 26.1 Å². The molecule has 0 amide bonds. The van der Waals surface area contributed by atoms with Crippen molar-refractivity contribution < 1.29 is 26.8 Å². The number of nitrogens with zero attached hydrogens (tertiary/aromatic N) is 2. The Morgan fingerprint density at radius 1 is 1.02 bits per heavy atom. The van der Waals surface area contributed by atoms with Crippen LogP contribution in [0.5, 0.6) is 11.5 Å². The molecule has 2 heterocycles. The Bertz CT molecular complexity index is 1690. The monoisotopic (exact) mass is 605 g/mol. The molecule has 1 fully saturated rings. The Hall–Kier alpha value is -3.86. The highest BCUT2D eigenvalue weighted by molar-refractivity contribution is 7.86. The molecule has 1 aliphatic heterocycles. The standard InChI is InChI=1S/C33H39N3O6S/c1-6-32(42-43(37,38)31-17-10-22(2)19-30(31)41-33-9-7-8-18-39-33)40-29-21-24(12-15-28(29)34-3)26-14-11-23-20-25(36(4)5)13-16-27(23)35-26/h10-17,19-21,32-34H,6-9,18H2,1-5H3. The van der Waals surface area contributed by atoms with Crippen molar-refractivity contribution in [3.63, 3.8) is 0 Å². The van der Waals surface area contributed by atoms with Crippen molar-refractivity contribution in [3.8, 4) is 22.8 Å². The summed E-state index contributed by atoms with van der Waals surface area (Å²) in [5.74, 6) is 0.655. The number of nitrogens with one attached hydrogen (secondary N) is 1. The van der Waals surface area contributed by atoms with Gasteiger partial charge in [0, 0.05) is 50.6 Å². The largest absolute Gasteiger partial charge is 0.463 e. The number of hydrogen-bond donors (Lipinski definition) is 1. The average Bonchev–Trinajstić information content (AvgIpc) is 3.00. The van der Waals surface area contributed by atoms with Gasteiger partial charge < -0.3 is 24.4 Å². The molecule has 2 atom stereocenters. The Balaban J connectivity index is 1.39. The molecule has 0 aliphatic carbocycles. The number of fused-ring (bicyclic) bond motifs is 1. The fraction of sp³-hybridized carbons (Fsp3) is 0.364. The maximum absolute atomic E-state index is 13.5. The SMILES string of the molecule is CCC(Oc1cc(-c2ccc3cc(N(C)C)ccc3n2)ccc1NC)OS(=O)(=O)c1ccc(C)cc1OC1CCCCO1. The molecule has 1 saturated heterocycles. The highest BCUT2D eigenvalue weighted by atomic mass is 32.2. The number of aryl methyl sites for hydroxylation is 1. The second kappa shape index (κ2) is 13.2. The first kappa shape index (κ1) is 30.6. The number of anilines is 2. The van der Waals surface area contributed by atoms with Crippen LogP contribution in [0.15, 0.2) is 71.6 Å². The van der Waals surface area contributed by atoms with Crippen molar-refractivity contribution in [3.05, 3.63) is 72.3 Å². The van der Waals surface area contributed by atoms with Crippen LogP contribution in [-0.2, 0) is 19.0 Å². The molecule has 1 N–H and O–H groups in total. The lowest BCUT2D eigenvalue weighted by Crippen LogP contribution is -2.27. The molecule has 228 valence electrons. The number of hydrogen-bond acceptors (Lipinski definition) is 9. The van der Waals surface area contributed by atoms with Crippen molar-refractivity contribution in [2.75, 3.05) is 38.0 Å². The molecule has 9 nitrogen and oxygen atoms in total. The average molecular weight is 606 g/mol. The van der Waals surface area contributed by atoms with Gasteiger partial charge in [-0.25, -0.2) is 9.17 Å². The van der Waals surface area contributed by atoms with Gasteiger partial charge in [-0.05, 0) is 73.9 Å². The van der Waals surface area contributed by atoms with E-state index >= 15 is 0 Å². The van der Waals surface area contributed by atoms with Crippen molar-refractivity contribution in [1.82, 2.24) is 4.98 Å². The fourth-order valence-electron chi connectivity index (χ4n) is 4.90. The predicted molar refractivity (Wildman–Crippen MR) is 169 cm³/mol. The van der Waals surface area contributed by atoms with Gasteiger partial charge in [-0.15, -0.1) is 0 Å². The van der Waals surface area contributed by atoms with Gasteiger partial charge in [0.05, 0.1) is 23.5 Å². The molecule has 0 radical (unpaired) electrons. The van der Waals surface area contributed by atoms with Crippen LogP contribution >= 0.6 is 0 Å². The molecule has 3 aromatic carbocycles. The van der Waals surface area contributed by atoms with Crippen LogP contribution in [0.2, 0.25) is 0 Å². The van der Waals surface area contributed by atoms with Gasteiger partial charge in [0.15, 0.2) is 6.29 Å². The van der Waals surface area contributed by atoms with Crippen molar-refractivity contribution in [2.24, 2.45) is 0 Å². The molecule has 0 spiro atoms. The summed E-state index contributed by atoms with van der Waals surface area (Å²) >= 11 is 0. The zero-order valence-corrected chi connectivity index (χ0v) is 26.1. The van der Waals surface area contributed by atoms with Gasteiger partial charge >= 0.3 is 10.1 Å². The van der Waals surface area contributed by atoms with Gasteiger partial charge in [0.1, 0.15) is 16.4 Å². The minimum Gasteiger partial charge on any atom is -0.463 e. The van der Waals surface area contributed by atoms with Crippen LogP contribution in [0.1, 0.15) is 38.2 Å². The van der Waals surface area contributed by atoms with Crippen LogP contribution in [-0.4, -0.2) is 53.7 Å². The van der Waals surface area contributed by atoms with E-state index in [1.165, 1.54) is 6.07 Å². The second-order valence-electron chi connectivity index (χ2n) is 10.8. The van der Waals surface area contributed by atoms with Gasteiger partial charge in [-0.1, -0.05) is 25.1 Å². The Morgan fingerprint density at radius 2 is 1.86 bits per heavy atom. The number of benzene rings is 3. The van der Waals surface area contributed by atoms with E-state index in [4.69, 9.17) is 23.4 Å². The third kappa shape index (κ3) is 7.21. The van der Waals surface area contributed by atoms with Crippen molar-refractivity contribution in [2.45, 2.75) is 57.0 Å². The van der Waals surface area contributed by atoms with E-state index in [1.807, 2.05) is 63.5 Å². The van der Waals surface area contributed by atoms with Gasteiger partial charge in [-0.3, -0.25) is 0 Å². The summed E-state index contributed by atoms with van der Waals surface area (Å²) in [7, 11) is 1.54. The normalized spacial score (nSPS) is 16.1. The summed E-state index contributed by atoms with van der Waals surface area (Å²) in [5, 5.41) is 4.16. The van der Waals surface area contributed by atoms with Crippen LogP contribution < -0.4 is 19.7 Å². The molecule has 0 bridgehead atoms. The molecule has 1 aromatic heterocycles. The molecule has 2 unspecified atom stereocenters. The summed E-state index contributed by atoms with van der Waals surface area (Å²) in [6.07, 6.45) is 1.31. The molecule has 43 heavy (non-hydrogen) atoms. The fourth-order valence-corrected chi connectivity index (χ4v) is 6.05. The molecule has 10 heteroatoms. The highest BCUT2D eigenvalue weighted by Gasteiger charge is 2.28. The van der Waals surface area contributed by atoms with Gasteiger partial charge in [0.25, 0.3) is 0 Å². The number of pyridine rings is 1. The zero-order chi connectivity index (χ0) is 30.6. The number of rotatable bonds is 11. The lowest BCUT2D eigenvalue weighted by atomic mass is 10.1. The minimum absolute atomic E-state index is 0.0605. The summed E-state index contributed by atoms with van der Waals surface area (Å²) < 4.78 is 50.6. The van der Waals surface area contributed by atoms with Crippen LogP contribution in [0.25, 0.3) is 22.2 Å². The first-order valence-corrected chi connectivity index (χ1v) is 16.0. The Morgan fingerprint density at radius 3 is 2.58 bits per heavy atom. The van der Waals surface area contributed by atoms with Crippen LogP contribution in [0.3, 0.4) is 0 Å². The highest BCUT2D eigenvalue weighted by Crippen LogP contribution is 2.34. The quantitative estimate of drug-likeness (QED) is 0.147. The summed E-state index contributed by atoms with van der Waals surface area (Å²) in [6.45, 7) is 4.26. The summed E-state index contributed by atoms with van der Waals surface area (Å²) in [6, 6.07) is 20.7. The zero-order valence-electron chi connectivity index (χ0n) is 25.3. The third-order valence-corrected chi connectivity index (χ3v) is 8.67. The molecular formula is C33H39N3O6S. The summed E-state index contributed by atoms with van der Waals surface area (Å²) in [4.78, 5) is 6.85. The number of ether oxygens (including phenoxy) is 3. The second-order valence-corrected chi connectivity index (χ2v) is 12.3. The Kier molecular flexibility index (Phi) is 9.39. The smallest absolute Gasteiger partial charge is 0.303 e. The lowest BCUT2D eigenvalue weighted by molar-refractivity contribution is -0.107. The van der Waals surface area contributed by atoms with Crippen molar-refractivity contribution in [1.29, 1.82) is 0 Å².